The maximum atomic E-state index is 13.9. The molecule has 0 fully saturated rings. The topological polar surface area (TPSA) is 96.8 Å². The molecule has 0 atom stereocenters. The number of phenolic OH excluding ortho intramolecular Hbond substituents is 1. The zero-order chi connectivity index (χ0) is 30.3. The molecule has 0 bridgehead atoms. The number of aromatic hydroxyl groups is 1. The van der Waals surface area contributed by atoms with Crippen LogP contribution in [0.2, 0.25) is 0 Å². The summed E-state index contributed by atoms with van der Waals surface area (Å²) in [5.74, 6) is -2.89. The van der Waals surface area contributed by atoms with E-state index in [9.17, 15) is 27.9 Å². The summed E-state index contributed by atoms with van der Waals surface area (Å²) in [4.78, 5) is 25.3. The number of ether oxygens (including phenoxy) is 1. The van der Waals surface area contributed by atoms with Crippen molar-refractivity contribution in [2.75, 3.05) is 6.61 Å². The standard InChI is InChI=1S/C31H32F3N3O4/c1-29(2,3)21-15-20(16-22(26(21)39)30(4,5)18-41-27(40)31(32,33)34)24(38)17-37-25(19-11-7-6-8-12-19)23-13-9-10-14-36(23)28(37)35/h6-16,35,39H,17-18H2,1-5H3. The molecule has 7 nitrogen and oxygen atoms in total. The minimum Gasteiger partial charge on any atom is -0.507 e. The van der Waals surface area contributed by atoms with Gasteiger partial charge in [0, 0.05) is 33.9 Å². The number of hydrogen-bond donors (Lipinski definition) is 2. The van der Waals surface area contributed by atoms with Crippen molar-refractivity contribution in [1.29, 1.82) is 5.41 Å². The summed E-state index contributed by atoms with van der Waals surface area (Å²) in [7, 11) is 0. The molecule has 0 amide bonds. The van der Waals surface area contributed by atoms with Crippen molar-refractivity contribution >= 4 is 17.3 Å². The van der Waals surface area contributed by atoms with Crippen LogP contribution in [0.4, 0.5) is 13.2 Å². The molecule has 0 spiro atoms. The number of halogens is 3. The number of esters is 1. The summed E-state index contributed by atoms with van der Waals surface area (Å²) in [6, 6.07) is 17.9. The third kappa shape index (κ3) is 5.91. The summed E-state index contributed by atoms with van der Waals surface area (Å²) >= 11 is 0. The number of nitrogens with one attached hydrogen (secondary N) is 1. The summed E-state index contributed by atoms with van der Waals surface area (Å²) in [5, 5.41) is 20.0. The van der Waals surface area contributed by atoms with E-state index in [1.54, 1.807) is 27.3 Å². The number of hydrogen-bond acceptors (Lipinski definition) is 5. The normalized spacial score (nSPS) is 12.5. The molecule has 0 saturated heterocycles. The Bertz CT molecular complexity index is 1680. The van der Waals surface area contributed by atoms with Gasteiger partial charge < -0.3 is 14.4 Å². The maximum absolute atomic E-state index is 13.9. The Morgan fingerprint density at radius 1 is 0.927 bits per heavy atom. The monoisotopic (exact) mass is 567 g/mol. The third-order valence-corrected chi connectivity index (χ3v) is 6.97. The number of Topliss-reactive ketones (excluding diaryl/α,β-unsaturated/α-hetero) is 1. The zero-order valence-corrected chi connectivity index (χ0v) is 23.5. The molecule has 0 aliphatic rings. The van der Waals surface area contributed by atoms with Crippen molar-refractivity contribution in [3.63, 3.8) is 0 Å². The number of phenols is 1. The van der Waals surface area contributed by atoms with E-state index in [0.717, 1.165) is 11.1 Å². The number of carbonyl (C=O) groups is 2. The van der Waals surface area contributed by atoms with Gasteiger partial charge >= 0.3 is 12.1 Å². The lowest BCUT2D eigenvalue weighted by molar-refractivity contribution is -0.201. The molecule has 216 valence electrons. The fourth-order valence-electron chi connectivity index (χ4n) is 4.77. The van der Waals surface area contributed by atoms with E-state index in [-0.39, 0.29) is 34.8 Å². The summed E-state index contributed by atoms with van der Waals surface area (Å²) in [5.41, 5.74) is 1.21. The van der Waals surface area contributed by atoms with E-state index in [1.807, 2.05) is 63.2 Å². The number of fused-ring (bicyclic) bond motifs is 1. The van der Waals surface area contributed by atoms with Crippen LogP contribution in [0.3, 0.4) is 0 Å². The van der Waals surface area contributed by atoms with E-state index >= 15 is 0 Å². The van der Waals surface area contributed by atoms with Gasteiger partial charge in [-0.15, -0.1) is 0 Å². The largest absolute Gasteiger partial charge is 0.507 e. The second-order valence-corrected chi connectivity index (χ2v) is 11.6. The quantitative estimate of drug-likeness (QED) is 0.207. The van der Waals surface area contributed by atoms with Gasteiger partial charge in [-0.3, -0.25) is 14.6 Å². The molecule has 0 radical (unpaired) electrons. The van der Waals surface area contributed by atoms with Crippen LogP contribution in [0.5, 0.6) is 5.75 Å². The van der Waals surface area contributed by atoms with Crippen molar-refractivity contribution in [3.8, 4) is 17.0 Å². The number of alkyl halides is 3. The van der Waals surface area contributed by atoms with Gasteiger partial charge in [0.1, 0.15) is 12.4 Å². The fraction of sp³-hybridized carbons (Fsp3) is 0.323. The van der Waals surface area contributed by atoms with E-state index in [0.29, 0.717) is 11.3 Å². The maximum Gasteiger partial charge on any atom is 0.490 e. The first-order chi connectivity index (χ1) is 19.0. The molecule has 0 aliphatic heterocycles. The highest BCUT2D eigenvalue weighted by Gasteiger charge is 2.42. The highest BCUT2D eigenvalue weighted by molar-refractivity contribution is 5.97. The predicted molar refractivity (Wildman–Crippen MR) is 148 cm³/mol. The second kappa shape index (κ2) is 10.6. The van der Waals surface area contributed by atoms with Gasteiger partial charge in [-0.2, -0.15) is 13.2 Å². The average Bonchev–Trinajstić information content (AvgIpc) is 3.17. The Morgan fingerprint density at radius 3 is 2.15 bits per heavy atom. The molecule has 2 N–H and O–H groups in total. The van der Waals surface area contributed by atoms with Gasteiger partial charge in [0.15, 0.2) is 5.78 Å². The third-order valence-electron chi connectivity index (χ3n) is 6.97. The summed E-state index contributed by atoms with van der Waals surface area (Å²) in [6.45, 7) is 7.68. The Morgan fingerprint density at radius 2 is 1.54 bits per heavy atom. The molecule has 0 saturated carbocycles. The molecule has 41 heavy (non-hydrogen) atoms. The number of pyridine rings is 1. The van der Waals surface area contributed by atoms with Crippen LogP contribution in [-0.4, -0.2) is 38.6 Å². The van der Waals surface area contributed by atoms with E-state index < -0.39 is 29.6 Å². The molecule has 4 aromatic rings. The molecular weight excluding hydrogens is 535 g/mol. The van der Waals surface area contributed by atoms with E-state index in [4.69, 9.17) is 5.41 Å². The number of carbonyl (C=O) groups excluding carboxylic acids is 2. The Balaban J connectivity index is 1.81. The molecule has 10 heteroatoms. The number of benzene rings is 2. The fourth-order valence-corrected chi connectivity index (χ4v) is 4.77. The number of imidazole rings is 1. The molecule has 2 heterocycles. The summed E-state index contributed by atoms with van der Waals surface area (Å²) in [6.07, 6.45) is -3.42. The number of rotatable bonds is 7. The van der Waals surface area contributed by atoms with Crippen LogP contribution in [0.15, 0.2) is 66.9 Å². The lowest BCUT2D eigenvalue weighted by Gasteiger charge is -2.30. The van der Waals surface area contributed by atoms with Crippen LogP contribution < -0.4 is 5.62 Å². The van der Waals surface area contributed by atoms with Gasteiger partial charge in [-0.25, -0.2) is 4.79 Å². The van der Waals surface area contributed by atoms with Gasteiger partial charge in [-0.05, 0) is 29.7 Å². The van der Waals surface area contributed by atoms with Crippen LogP contribution >= 0.6 is 0 Å². The minimum absolute atomic E-state index is 0.0854. The van der Waals surface area contributed by atoms with Crippen molar-refractivity contribution in [2.24, 2.45) is 0 Å². The van der Waals surface area contributed by atoms with Gasteiger partial charge in [0.05, 0.1) is 17.8 Å². The predicted octanol–water partition coefficient (Wildman–Crippen LogP) is 6.16. The van der Waals surface area contributed by atoms with Crippen molar-refractivity contribution in [3.05, 3.63) is 89.2 Å². The molecular formula is C31H32F3N3O4. The molecule has 2 aromatic heterocycles. The Hall–Kier alpha value is -4.34. The molecule has 0 unspecified atom stereocenters. The first-order valence-corrected chi connectivity index (χ1v) is 13.0. The lowest BCUT2D eigenvalue weighted by Crippen LogP contribution is -2.33. The molecule has 0 aliphatic carbocycles. The van der Waals surface area contributed by atoms with Crippen molar-refractivity contribution in [2.45, 2.75) is 58.2 Å². The van der Waals surface area contributed by atoms with E-state index in [1.165, 1.54) is 19.9 Å². The van der Waals surface area contributed by atoms with Gasteiger partial charge in [-0.1, -0.05) is 71.0 Å². The average molecular weight is 568 g/mol. The Labute approximate surface area is 235 Å². The number of nitrogens with zero attached hydrogens (tertiary/aromatic N) is 2. The van der Waals surface area contributed by atoms with Crippen molar-refractivity contribution in [1.82, 2.24) is 8.97 Å². The van der Waals surface area contributed by atoms with Crippen molar-refractivity contribution < 1.29 is 32.6 Å². The van der Waals surface area contributed by atoms with Gasteiger partial charge in [0.25, 0.3) is 0 Å². The molecule has 4 rings (SSSR count). The summed E-state index contributed by atoms with van der Waals surface area (Å²) < 4.78 is 46.1. The number of aromatic nitrogens is 2. The highest BCUT2D eigenvalue weighted by Crippen LogP contribution is 2.40. The smallest absolute Gasteiger partial charge is 0.490 e. The molecule has 2 aromatic carbocycles. The minimum atomic E-state index is -5.16. The first-order valence-electron chi connectivity index (χ1n) is 13.0. The van der Waals surface area contributed by atoms with E-state index in [2.05, 4.69) is 4.74 Å². The van der Waals surface area contributed by atoms with Crippen LogP contribution in [0, 0.1) is 5.41 Å². The highest BCUT2D eigenvalue weighted by atomic mass is 19.4. The SMILES string of the molecule is CC(C)(C)c1cc(C(=O)Cn2c(-c3ccccc3)c3ccccn3c2=N)cc(C(C)(C)COC(=O)C(F)(F)F)c1O. The number of ketones is 1. The zero-order valence-electron chi connectivity index (χ0n) is 23.5. The Kier molecular flexibility index (Phi) is 7.64. The van der Waals surface area contributed by atoms with Crippen LogP contribution in [0.25, 0.3) is 16.8 Å². The van der Waals surface area contributed by atoms with Crippen LogP contribution in [-0.2, 0) is 26.9 Å². The van der Waals surface area contributed by atoms with Gasteiger partial charge in [0.2, 0.25) is 5.62 Å². The first kappa shape index (κ1) is 29.6. The lowest BCUT2D eigenvalue weighted by atomic mass is 9.77. The second-order valence-electron chi connectivity index (χ2n) is 11.6. The van der Waals surface area contributed by atoms with Crippen LogP contribution in [0.1, 0.15) is 56.1 Å².